The first-order valence-corrected chi connectivity index (χ1v) is 18.0. The van der Waals surface area contributed by atoms with Gasteiger partial charge >= 0.3 is 6.18 Å². The zero-order chi connectivity index (χ0) is 36.6. The maximum absolute atomic E-state index is 14.3. The molecule has 2 N–H and O–H groups in total. The number of halogens is 3. The van der Waals surface area contributed by atoms with Crippen LogP contribution in [-0.2, 0) is 41.9 Å². The number of ether oxygens (including phenoxy) is 1. The number of hydroxylamine groups is 2. The molecular weight excluding hydrogens is 679 g/mol. The molecule has 12 nitrogen and oxygen atoms in total. The number of amides is 2. The molecule has 2 amide bonds. The molecular formula is C37H46F3N7O5. The average Bonchev–Trinajstić information content (AvgIpc) is 3.73. The normalized spacial score (nSPS) is 19.4. The summed E-state index contributed by atoms with van der Waals surface area (Å²) < 4.78 is 50.3. The Morgan fingerprint density at radius 2 is 1.88 bits per heavy atom. The molecule has 1 unspecified atom stereocenters. The monoisotopic (exact) mass is 725 g/mol. The predicted octanol–water partition coefficient (Wildman–Crippen LogP) is 3.69. The summed E-state index contributed by atoms with van der Waals surface area (Å²) in [6, 6.07) is 9.16. The molecule has 0 spiro atoms. The van der Waals surface area contributed by atoms with Crippen LogP contribution in [0.25, 0.3) is 11.3 Å². The number of aliphatic hydroxyl groups excluding tert-OH is 1. The number of aromatic nitrogens is 2. The number of β-amino-alcohol motifs (C(OH)–C–C–N with tert-alkyl or cyclic N) is 1. The minimum Gasteiger partial charge on any atom is -0.490 e. The minimum absolute atomic E-state index is 0.0888. The second-order valence-electron chi connectivity index (χ2n) is 14.1. The maximum atomic E-state index is 14.3. The first-order valence-electron chi connectivity index (χ1n) is 18.0. The van der Waals surface area contributed by atoms with Gasteiger partial charge in [-0.25, -0.2) is 0 Å². The lowest BCUT2D eigenvalue weighted by Crippen LogP contribution is -2.47. The second-order valence-corrected chi connectivity index (χ2v) is 14.1. The van der Waals surface area contributed by atoms with Gasteiger partial charge in [0.05, 0.1) is 49.8 Å². The van der Waals surface area contributed by atoms with Gasteiger partial charge in [-0.3, -0.25) is 14.3 Å². The summed E-state index contributed by atoms with van der Waals surface area (Å²) in [5.41, 5.74) is 2.92. The highest BCUT2D eigenvalue weighted by molar-refractivity contribution is 5.95. The third-order valence-corrected chi connectivity index (χ3v) is 10.8. The number of anilines is 1. The van der Waals surface area contributed by atoms with Crippen LogP contribution < -0.4 is 15.0 Å². The summed E-state index contributed by atoms with van der Waals surface area (Å²) >= 11 is 0. The van der Waals surface area contributed by atoms with E-state index in [9.17, 15) is 27.9 Å². The van der Waals surface area contributed by atoms with Crippen LogP contribution in [0.3, 0.4) is 0 Å². The Morgan fingerprint density at radius 3 is 2.62 bits per heavy atom. The third-order valence-electron chi connectivity index (χ3n) is 10.8. The molecule has 4 aliphatic heterocycles. The van der Waals surface area contributed by atoms with Gasteiger partial charge < -0.3 is 34.7 Å². The number of fused-ring (bicyclic) bond motifs is 2. The molecule has 7 rings (SSSR count). The summed E-state index contributed by atoms with van der Waals surface area (Å²) in [7, 11) is 3.50. The number of hydrogen-bond donors (Lipinski definition) is 2. The molecule has 52 heavy (non-hydrogen) atoms. The third kappa shape index (κ3) is 7.63. The lowest BCUT2D eigenvalue weighted by atomic mass is 9.97. The standard InChI is InChI=1S/C37H46F3N7O5/c1-43-16-17-52-33-19-25(6-8-32(33)43)36(50)41-20-26-18-24(5-7-30(26)37(38,39)40)35-29-23-45(51-2)15-11-31(29)47(42-35)22-28(48)21-44-13-9-27(10-14-44)46-12-3-4-34(46)49/h5-8,18-19,27-28,48H,3-4,9-17,20-23H2,1-2H3,(H,41,50). The number of alkyl halides is 3. The van der Waals surface area contributed by atoms with Crippen molar-refractivity contribution in [1.82, 2.24) is 30.0 Å². The molecule has 2 fully saturated rings. The quantitative estimate of drug-likeness (QED) is 0.323. The average molecular weight is 726 g/mol. The Bertz CT molecular complexity index is 1790. The smallest absolute Gasteiger partial charge is 0.416 e. The Kier molecular flexibility index (Phi) is 10.5. The maximum Gasteiger partial charge on any atom is 0.416 e. The molecule has 1 aromatic heterocycles. The lowest BCUT2D eigenvalue weighted by Gasteiger charge is -2.37. The van der Waals surface area contributed by atoms with Crippen LogP contribution >= 0.6 is 0 Å². The fraction of sp³-hybridized carbons (Fsp3) is 0.541. The van der Waals surface area contributed by atoms with Gasteiger partial charge in [0.1, 0.15) is 12.4 Å². The van der Waals surface area contributed by atoms with Gasteiger partial charge in [-0.05, 0) is 55.2 Å². The van der Waals surface area contributed by atoms with E-state index in [0.717, 1.165) is 61.9 Å². The number of likely N-dealkylation sites (tertiary alicyclic amines) is 2. The lowest BCUT2D eigenvalue weighted by molar-refractivity contribution is -0.142. The number of carbonyl (C=O) groups excluding carboxylic acids is 2. The van der Waals surface area contributed by atoms with Gasteiger partial charge in [0, 0.05) is 87.6 Å². The van der Waals surface area contributed by atoms with Crippen molar-refractivity contribution in [1.29, 1.82) is 0 Å². The van der Waals surface area contributed by atoms with Gasteiger partial charge in [-0.1, -0.05) is 6.07 Å². The molecule has 1 atom stereocenters. The zero-order valence-corrected chi connectivity index (χ0v) is 29.6. The molecule has 0 aliphatic carbocycles. The molecule has 5 heterocycles. The van der Waals surface area contributed by atoms with E-state index in [4.69, 9.17) is 14.7 Å². The van der Waals surface area contributed by atoms with Crippen molar-refractivity contribution in [3.63, 3.8) is 0 Å². The fourth-order valence-electron chi connectivity index (χ4n) is 7.97. The molecule has 2 saturated heterocycles. The van der Waals surface area contributed by atoms with Gasteiger partial charge in [0.15, 0.2) is 0 Å². The molecule has 280 valence electrons. The van der Waals surface area contributed by atoms with Crippen molar-refractivity contribution in [2.45, 2.75) is 70.1 Å². The molecule has 2 aromatic carbocycles. The van der Waals surface area contributed by atoms with Gasteiger partial charge in [-0.15, -0.1) is 0 Å². The number of rotatable bonds is 10. The summed E-state index contributed by atoms with van der Waals surface area (Å²) in [6.45, 7) is 4.89. The van der Waals surface area contributed by atoms with Crippen molar-refractivity contribution >= 4 is 17.5 Å². The van der Waals surface area contributed by atoms with E-state index in [2.05, 4.69) is 10.2 Å². The van der Waals surface area contributed by atoms with Crippen LogP contribution in [-0.4, -0.2) is 114 Å². The number of piperidine rings is 1. The molecule has 3 aromatic rings. The largest absolute Gasteiger partial charge is 0.490 e. The SMILES string of the molecule is CON1CCc2c(c(-c3ccc(C(F)(F)F)c(CNC(=O)c4ccc5c(c4)OCCN5C)c3)nn2CC(O)CN2CCC(N3CCCC3=O)CC2)C1. The number of hydrogen-bond acceptors (Lipinski definition) is 9. The van der Waals surface area contributed by atoms with Crippen molar-refractivity contribution in [2.24, 2.45) is 0 Å². The van der Waals surface area contributed by atoms with E-state index in [1.54, 1.807) is 35.1 Å². The van der Waals surface area contributed by atoms with Crippen molar-refractivity contribution < 1.29 is 37.4 Å². The van der Waals surface area contributed by atoms with Crippen LogP contribution in [0.2, 0.25) is 0 Å². The predicted molar refractivity (Wildman–Crippen MR) is 187 cm³/mol. The first-order chi connectivity index (χ1) is 25.0. The van der Waals surface area contributed by atoms with Gasteiger partial charge in [-0.2, -0.15) is 23.3 Å². The van der Waals surface area contributed by atoms with E-state index < -0.39 is 23.8 Å². The molecule has 0 saturated carbocycles. The summed E-state index contributed by atoms with van der Waals surface area (Å²) in [4.78, 5) is 37.1. The first kappa shape index (κ1) is 36.2. The van der Waals surface area contributed by atoms with E-state index in [-0.39, 0.29) is 36.2 Å². The molecule has 15 heteroatoms. The van der Waals surface area contributed by atoms with Gasteiger partial charge in [0.2, 0.25) is 5.91 Å². The second kappa shape index (κ2) is 15.0. The Labute approximate surface area is 301 Å². The number of likely N-dealkylation sites (N-methyl/N-ethyl adjacent to an activating group) is 1. The topological polar surface area (TPSA) is 116 Å². The van der Waals surface area contributed by atoms with Crippen molar-refractivity contribution in [3.05, 3.63) is 64.3 Å². The van der Waals surface area contributed by atoms with Crippen molar-refractivity contribution in [3.8, 4) is 17.0 Å². The number of aliphatic hydroxyl groups is 1. The van der Waals surface area contributed by atoms with E-state index in [0.29, 0.717) is 62.6 Å². The number of carbonyl (C=O) groups is 2. The number of nitrogens with zero attached hydrogens (tertiary/aromatic N) is 6. The fourth-order valence-corrected chi connectivity index (χ4v) is 7.97. The zero-order valence-electron chi connectivity index (χ0n) is 29.6. The highest BCUT2D eigenvalue weighted by Gasteiger charge is 2.35. The van der Waals surface area contributed by atoms with E-state index in [1.165, 1.54) is 12.1 Å². The Balaban J connectivity index is 1.09. The van der Waals surface area contributed by atoms with Crippen molar-refractivity contribution in [2.75, 3.05) is 64.9 Å². The number of benzene rings is 2. The van der Waals surface area contributed by atoms with Crippen LogP contribution in [0.4, 0.5) is 18.9 Å². The molecule has 0 radical (unpaired) electrons. The van der Waals surface area contributed by atoms with Crippen LogP contribution in [0, 0.1) is 0 Å². The van der Waals surface area contributed by atoms with E-state index >= 15 is 0 Å². The summed E-state index contributed by atoms with van der Waals surface area (Å²) in [5.74, 6) is 0.275. The molecule has 4 aliphatic rings. The Morgan fingerprint density at radius 1 is 1.08 bits per heavy atom. The molecule has 0 bridgehead atoms. The summed E-state index contributed by atoms with van der Waals surface area (Å²) in [5, 5.41) is 20.6. The Hall–Kier alpha value is -4.18. The van der Waals surface area contributed by atoms with Crippen LogP contribution in [0.15, 0.2) is 36.4 Å². The highest BCUT2D eigenvalue weighted by atomic mass is 19.4. The van der Waals surface area contributed by atoms with Gasteiger partial charge in [0.25, 0.3) is 5.91 Å². The summed E-state index contributed by atoms with van der Waals surface area (Å²) in [6.07, 6.45) is -1.48. The minimum atomic E-state index is -4.64. The van der Waals surface area contributed by atoms with E-state index in [1.807, 2.05) is 16.8 Å². The van der Waals surface area contributed by atoms with Crippen LogP contribution in [0.1, 0.15) is 58.4 Å². The highest BCUT2D eigenvalue weighted by Crippen LogP contribution is 2.37. The van der Waals surface area contributed by atoms with Crippen LogP contribution in [0.5, 0.6) is 5.75 Å². The number of nitrogens with one attached hydrogen (secondary N) is 1.